The second-order valence-electron chi connectivity index (χ2n) is 4.08. The molecule has 1 saturated carbocycles. The van der Waals surface area contributed by atoms with E-state index in [1.807, 2.05) is 24.3 Å². The molecule has 0 atom stereocenters. The maximum absolute atomic E-state index is 5.85. The first-order valence-corrected chi connectivity index (χ1v) is 6.10. The van der Waals surface area contributed by atoms with Crippen molar-refractivity contribution in [1.29, 1.82) is 0 Å². The Balaban J connectivity index is 1.84. The fourth-order valence-electron chi connectivity index (χ4n) is 1.88. The molecule has 0 heterocycles. The van der Waals surface area contributed by atoms with Crippen molar-refractivity contribution in [2.75, 3.05) is 0 Å². The molecular weight excluding hydrogens is 222 g/mol. The number of halogens is 1. The summed E-state index contributed by atoms with van der Waals surface area (Å²) in [5.41, 5.74) is 0.850. The number of hydrogen-bond acceptors (Lipinski definition) is 2. The molecule has 0 saturated heterocycles. The minimum atomic E-state index is 0.278. The van der Waals surface area contributed by atoms with E-state index in [0.29, 0.717) is 5.02 Å². The highest BCUT2D eigenvalue weighted by Crippen LogP contribution is 2.20. The molecule has 1 aromatic carbocycles. The van der Waals surface area contributed by atoms with Crippen LogP contribution in [0.15, 0.2) is 29.4 Å². The van der Waals surface area contributed by atoms with Gasteiger partial charge in [0.15, 0.2) is 0 Å². The zero-order chi connectivity index (χ0) is 11.2. The Morgan fingerprint density at radius 3 is 2.81 bits per heavy atom. The van der Waals surface area contributed by atoms with Crippen LogP contribution in [0, 0.1) is 0 Å². The molecule has 0 bridgehead atoms. The van der Waals surface area contributed by atoms with Crippen LogP contribution in [-0.4, -0.2) is 12.3 Å². The minimum Gasteiger partial charge on any atom is -0.392 e. The molecule has 0 unspecified atom stereocenters. The summed E-state index contributed by atoms with van der Waals surface area (Å²) in [4.78, 5) is 5.40. The quantitative estimate of drug-likeness (QED) is 0.576. The molecule has 0 spiro atoms. The lowest BCUT2D eigenvalue weighted by atomic mass is 9.98. The summed E-state index contributed by atoms with van der Waals surface area (Å²) in [6.07, 6.45) is 9.17. The van der Waals surface area contributed by atoms with E-state index in [2.05, 4.69) is 11.4 Å². The molecule has 1 aliphatic carbocycles. The van der Waals surface area contributed by atoms with E-state index in [0.717, 1.165) is 18.4 Å². The standard InChI is InChI=1S/C13H15ClNO/c14-12-6-4-5-11(9-12)10-15-16-13-7-2-1-3-8-13/h4-6,9,13H,1-3,7-8H2. The highest BCUT2D eigenvalue weighted by Gasteiger charge is 2.13. The van der Waals surface area contributed by atoms with Crippen LogP contribution in [0.25, 0.3) is 0 Å². The van der Waals surface area contributed by atoms with Crippen molar-refractivity contribution >= 4 is 17.8 Å². The molecule has 1 radical (unpaired) electrons. The van der Waals surface area contributed by atoms with Crippen LogP contribution in [0.5, 0.6) is 0 Å². The van der Waals surface area contributed by atoms with Crippen LogP contribution < -0.4 is 0 Å². The molecular formula is C13H15ClNO. The lowest BCUT2D eigenvalue weighted by Gasteiger charge is -2.18. The lowest BCUT2D eigenvalue weighted by molar-refractivity contribution is 0.0340. The maximum Gasteiger partial charge on any atom is 0.139 e. The highest BCUT2D eigenvalue weighted by molar-refractivity contribution is 6.30. The van der Waals surface area contributed by atoms with Gasteiger partial charge >= 0.3 is 0 Å². The van der Waals surface area contributed by atoms with Crippen molar-refractivity contribution in [3.05, 3.63) is 34.9 Å². The zero-order valence-corrected chi connectivity index (χ0v) is 9.91. The Kier molecular flexibility index (Phi) is 4.23. The summed E-state index contributed by atoms with van der Waals surface area (Å²) in [7, 11) is 0. The van der Waals surface area contributed by atoms with Gasteiger partial charge in [-0.15, -0.1) is 0 Å². The van der Waals surface area contributed by atoms with Gasteiger partial charge in [-0.1, -0.05) is 35.3 Å². The average Bonchev–Trinajstić information content (AvgIpc) is 2.30. The summed E-state index contributed by atoms with van der Waals surface area (Å²) in [6.45, 7) is 0. The molecule has 85 valence electrons. The van der Waals surface area contributed by atoms with Crippen LogP contribution >= 0.6 is 11.6 Å². The molecule has 0 amide bonds. The van der Waals surface area contributed by atoms with Gasteiger partial charge in [-0.3, -0.25) is 0 Å². The number of rotatable bonds is 3. The van der Waals surface area contributed by atoms with E-state index in [-0.39, 0.29) is 6.10 Å². The topological polar surface area (TPSA) is 21.6 Å². The van der Waals surface area contributed by atoms with Gasteiger partial charge in [-0.2, -0.15) is 0 Å². The fraction of sp³-hybridized carbons (Fsp3) is 0.462. The van der Waals surface area contributed by atoms with E-state index in [9.17, 15) is 0 Å². The third-order valence-electron chi connectivity index (χ3n) is 2.75. The van der Waals surface area contributed by atoms with Gasteiger partial charge < -0.3 is 4.84 Å². The molecule has 0 aliphatic heterocycles. The van der Waals surface area contributed by atoms with Gasteiger partial charge in [0.25, 0.3) is 0 Å². The van der Waals surface area contributed by atoms with Gasteiger partial charge in [-0.05, 0) is 37.8 Å². The third kappa shape index (κ3) is 3.53. The second kappa shape index (κ2) is 5.90. The Bertz CT molecular complexity index is 359. The van der Waals surface area contributed by atoms with E-state index in [4.69, 9.17) is 16.4 Å². The number of benzene rings is 1. The molecule has 2 nitrogen and oxygen atoms in total. The van der Waals surface area contributed by atoms with Gasteiger partial charge in [0.05, 0.1) is 0 Å². The van der Waals surface area contributed by atoms with Crippen LogP contribution in [-0.2, 0) is 4.84 Å². The normalized spacial score (nSPS) is 17.8. The van der Waals surface area contributed by atoms with Crippen molar-refractivity contribution in [1.82, 2.24) is 0 Å². The molecule has 3 heteroatoms. The molecule has 1 aliphatic rings. The summed E-state index contributed by atoms with van der Waals surface area (Å²) in [5, 5.41) is 4.59. The van der Waals surface area contributed by atoms with E-state index >= 15 is 0 Å². The van der Waals surface area contributed by atoms with Crippen molar-refractivity contribution in [3.63, 3.8) is 0 Å². The van der Waals surface area contributed by atoms with E-state index < -0.39 is 0 Å². The molecule has 2 rings (SSSR count). The maximum atomic E-state index is 5.85. The Morgan fingerprint density at radius 1 is 1.25 bits per heavy atom. The predicted octanol–water partition coefficient (Wildman–Crippen LogP) is 3.90. The number of nitrogens with zero attached hydrogens (tertiary/aromatic N) is 1. The van der Waals surface area contributed by atoms with E-state index in [1.54, 1.807) is 0 Å². The summed E-state index contributed by atoms with van der Waals surface area (Å²) >= 11 is 5.85. The third-order valence-corrected chi connectivity index (χ3v) is 2.99. The Morgan fingerprint density at radius 2 is 2.06 bits per heavy atom. The molecule has 16 heavy (non-hydrogen) atoms. The summed E-state index contributed by atoms with van der Waals surface area (Å²) in [5.74, 6) is 0. The SMILES string of the molecule is Clc1cccc(/[C]=N/OC2CCCCC2)c1. The average molecular weight is 237 g/mol. The minimum absolute atomic E-state index is 0.278. The first-order chi connectivity index (χ1) is 7.84. The molecule has 1 fully saturated rings. The van der Waals surface area contributed by atoms with Gasteiger partial charge in [-0.25, -0.2) is 0 Å². The second-order valence-corrected chi connectivity index (χ2v) is 4.52. The number of hydrogen-bond donors (Lipinski definition) is 0. The van der Waals surface area contributed by atoms with Crippen LogP contribution in [0.3, 0.4) is 0 Å². The lowest BCUT2D eigenvalue weighted by Crippen LogP contribution is -2.13. The van der Waals surface area contributed by atoms with Gasteiger partial charge in [0.2, 0.25) is 0 Å². The highest BCUT2D eigenvalue weighted by atomic mass is 35.5. The van der Waals surface area contributed by atoms with Gasteiger partial charge in [0, 0.05) is 10.6 Å². The van der Waals surface area contributed by atoms with E-state index in [1.165, 1.54) is 19.3 Å². The Labute approximate surface area is 101 Å². The first kappa shape index (κ1) is 11.5. The molecule has 0 N–H and O–H groups in total. The first-order valence-electron chi connectivity index (χ1n) is 5.72. The Hall–Kier alpha value is -1.02. The zero-order valence-electron chi connectivity index (χ0n) is 9.16. The fourth-order valence-corrected chi connectivity index (χ4v) is 2.07. The van der Waals surface area contributed by atoms with Crippen molar-refractivity contribution in [2.24, 2.45) is 5.16 Å². The molecule has 1 aromatic rings. The largest absolute Gasteiger partial charge is 0.392 e. The van der Waals surface area contributed by atoms with Crippen LogP contribution in [0.4, 0.5) is 0 Å². The van der Waals surface area contributed by atoms with Crippen molar-refractivity contribution in [2.45, 2.75) is 38.2 Å². The molecule has 0 aromatic heterocycles. The van der Waals surface area contributed by atoms with Crippen LogP contribution in [0.1, 0.15) is 37.7 Å². The summed E-state index contributed by atoms with van der Waals surface area (Å²) < 4.78 is 0. The summed E-state index contributed by atoms with van der Waals surface area (Å²) in [6, 6.07) is 7.42. The van der Waals surface area contributed by atoms with Crippen molar-refractivity contribution in [3.8, 4) is 0 Å². The monoisotopic (exact) mass is 236 g/mol. The van der Waals surface area contributed by atoms with Gasteiger partial charge in [0.1, 0.15) is 12.3 Å². The predicted molar refractivity (Wildman–Crippen MR) is 65.9 cm³/mol. The van der Waals surface area contributed by atoms with Crippen LogP contribution in [0.2, 0.25) is 5.02 Å². The van der Waals surface area contributed by atoms with Crippen molar-refractivity contribution < 1.29 is 4.84 Å². The smallest absolute Gasteiger partial charge is 0.139 e.